The van der Waals surface area contributed by atoms with E-state index in [2.05, 4.69) is 5.32 Å². The van der Waals surface area contributed by atoms with Gasteiger partial charge >= 0.3 is 0 Å². The molecule has 5 nitrogen and oxygen atoms in total. The molecule has 0 aliphatic heterocycles. The molecule has 146 valence electrons. The third kappa shape index (κ3) is 5.90. The zero-order valence-electron chi connectivity index (χ0n) is 16.2. The minimum atomic E-state index is -0.348. The monoisotopic (exact) mass is 390 g/mol. The molecule has 1 atom stereocenters. The Morgan fingerprint density at radius 1 is 1.41 bits per heavy atom. The van der Waals surface area contributed by atoms with Crippen molar-refractivity contribution in [1.82, 2.24) is 5.32 Å². The summed E-state index contributed by atoms with van der Waals surface area (Å²) in [4.78, 5) is 12.4. The van der Waals surface area contributed by atoms with Crippen LogP contribution in [0.2, 0.25) is 5.02 Å². The summed E-state index contributed by atoms with van der Waals surface area (Å²) in [6.07, 6.45) is 7.71. The predicted molar refractivity (Wildman–Crippen MR) is 107 cm³/mol. The van der Waals surface area contributed by atoms with Crippen LogP contribution < -0.4 is 14.8 Å². The molecule has 0 saturated heterocycles. The maximum Gasteiger partial charge on any atom is 0.262 e. The van der Waals surface area contributed by atoms with Gasteiger partial charge in [-0.3, -0.25) is 4.79 Å². The second-order valence-corrected chi connectivity index (χ2v) is 7.26. The predicted octanol–water partition coefficient (Wildman–Crippen LogP) is 4.88. The number of carbonyl (C=O) groups is 1. The molecule has 1 amide bonds. The van der Waals surface area contributed by atoms with Crippen LogP contribution in [0.4, 0.5) is 0 Å². The van der Waals surface area contributed by atoms with Gasteiger partial charge < -0.3 is 14.8 Å². The number of methoxy groups -OCH3 is 1. The Bertz CT molecular complexity index is 734. The minimum absolute atomic E-state index is 0.00580. The van der Waals surface area contributed by atoms with Gasteiger partial charge in [0.25, 0.3) is 5.91 Å². The number of amides is 1. The number of nitrogens with zero attached hydrogens (tertiary/aromatic N) is 1. The molecule has 6 heteroatoms. The Morgan fingerprint density at radius 3 is 2.70 bits per heavy atom. The lowest BCUT2D eigenvalue weighted by atomic mass is 9.95. The SMILES string of the molecule is CC[C@@H](C)Oc1c(Cl)cc(/C=C(/C#N)C(=O)NC2CCCCC2)cc1OC. The number of benzene rings is 1. The fraction of sp³-hybridized carbons (Fsp3) is 0.524. The molecule has 1 fully saturated rings. The van der Waals surface area contributed by atoms with Gasteiger partial charge in [-0.05, 0) is 50.0 Å². The number of nitriles is 1. The first-order valence-electron chi connectivity index (χ1n) is 9.45. The topological polar surface area (TPSA) is 71.3 Å². The summed E-state index contributed by atoms with van der Waals surface area (Å²) in [5.74, 6) is 0.592. The molecule has 0 unspecified atom stereocenters. The Balaban J connectivity index is 2.23. The van der Waals surface area contributed by atoms with Crippen LogP contribution in [0.15, 0.2) is 17.7 Å². The average Bonchev–Trinajstić information content (AvgIpc) is 2.68. The van der Waals surface area contributed by atoms with Crippen molar-refractivity contribution >= 4 is 23.6 Å². The van der Waals surface area contributed by atoms with Crippen LogP contribution in [0, 0.1) is 11.3 Å². The Labute approximate surface area is 166 Å². The molecular weight excluding hydrogens is 364 g/mol. The van der Waals surface area contributed by atoms with Crippen LogP contribution in [-0.4, -0.2) is 25.2 Å². The summed E-state index contributed by atoms with van der Waals surface area (Å²) >= 11 is 6.36. The van der Waals surface area contributed by atoms with Gasteiger partial charge in [-0.1, -0.05) is 37.8 Å². The third-order valence-corrected chi connectivity index (χ3v) is 5.04. The summed E-state index contributed by atoms with van der Waals surface area (Å²) in [5, 5.41) is 12.8. The Morgan fingerprint density at radius 2 is 2.11 bits per heavy atom. The van der Waals surface area contributed by atoms with Crippen LogP contribution in [-0.2, 0) is 4.79 Å². The van der Waals surface area contributed by atoms with E-state index in [1.807, 2.05) is 19.9 Å². The van der Waals surface area contributed by atoms with Crippen molar-refractivity contribution < 1.29 is 14.3 Å². The van der Waals surface area contributed by atoms with Crippen molar-refractivity contribution in [2.24, 2.45) is 0 Å². The number of rotatable bonds is 7. The highest BCUT2D eigenvalue weighted by Gasteiger charge is 2.19. The van der Waals surface area contributed by atoms with Crippen molar-refractivity contribution in [2.75, 3.05) is 7.11 Å². The lowest BCUT2D eigenvalue weighted by molar-refractivity contribution is -0.117. The quantitative estimate of drug-likeness (QED) is 0.532. The summed E-state index contributed by atoms with van der Waals surface area (Å²) < 4.78 is 11.2. The average molecular weight is 391 g/mol. The van der Waals surface area contributed by atoms with Gasteiger partial charge in [0.2, 0.25) is 0 Å². The van der Waals surface area contributed by atoms with Gasteiger partial charge in [-0.2, -0.15) is 5.26 Å². The summed E-state index contributed by atoms with van der Waals surface area (Å²) in [5.41, 5.74) is 0.665. The van der Waals surface area contributed by atoms with Crippen LogP contribution in [0.3, 0.4) is 0 Å². The maximum atomic E-state index is 12.4. The van der Waals surface area contributed by atoms with Crippen molar-refractivity contribution in [1.29, 1.82) is 5.26 Å². The molecule has 0 heterocycles. The van der Waals surface area contributed by atoms with E-state index >= 15 is 0 Å². The van der Waals surface area contributed by atoms with Crippen LogP contribution in [0.5, 0.6) is 11.5 Å². The summed E-state index contributed by atoms with van der Waals surface area (Å²) in [6.45, 7) is 3.97. The van der Waals surface area contributed by atoms with Gasteiger partial charge in [0.1, 0.15) is 11.6 Å². The number of carbonyl (C=O) groups excluding carboxylic acids is 1. The largest absolute Gasteiger partial charge is 0.493 e. The smallest absolute Gasteiger partial charge is 0.262 e. The second-order valence-electron chi connectivity index (χ2n) is 6.85. The highest BCUT2D eigenvalue weighted by atomic mass is 35.5. The van der Waals surface area contributed by atoms with Gasteiger partial charge in [-0.15, -0.1) is 0 Å². The standard InChI is InChI=1S/C21H27ClN2O3/c1-4-14(2)27-20-18(22)11-15(12-19(20)26-3)10-16(13-23)21(25)24-17-8-6-5-7-9-17/h10-12,14,17H,4-9H2,1-3H3,(H,24,25)/b16-10-/t14-/m1/s1. The molecule has 0 bridgehead atoms. The first kappa shape index (κ1) is 21.1. The minimum Gasteiger partial charge on any atom is -0.493 e. The zero-order chi connectivity index (χ0) is 19.8. The Hall–Kier alpha value is -2.19. The number of hydrogen-bond acceptors (Lipinski definition) is 4. The van der Waals surface area contributed by atoms with E-state index in [0.717, 1.165) is 32.1 Å². The highest BCUT2D eigenvalue weighted by molar-refractivity contribution is 6.32. The summed E-state index contributed by atoms with van der Waals surface area (Å²) in [7, 11) is 1.53. The number of hydrogen-bond donors (Lipinski definition) is 1. The van der Waals surface area contributed by atoms with E-state index in [9.17, 15) is 10.1 Å². The molecule has 1 aromatic carbocycles. The number of ether oxygens (including phenoxy) is 2. The van der Waals surface area contributed by atoms with Gasteiger partial charge in [0.15, 0.2) is 11.5 Å². The van der Waals surface area contributed by atoms with Crippen molar-refractivity contribution in [3.63, 3.8) is 0 Å². The lowest BCUT2D eigenvalue weighted by Crippen LogP contribution is -2.36. The van der Waals surface area contributed by atoms with E-state index in [0.29, 0.717) is 22.1 Å². The molecule has 1 saturated carbocycles. The zero-order valence-corrected chi connectivity index (χ0v) is 16.9. The number of nitrogens with one attached hydrogen (secondary N) is 1. The number of halogens is 1. The molecule has 0 spiro atoms. The molecule has 1 aliphatic carbocycles. The van der Waals surface area contributed by atoms with Gasteiger partial charge in [0, 0.05) is 6.04 Å². The first-order valence-corrected chi connectivity index (χ1v) is 9.83. The van der Waals surface area contributed by atoms with Crippen LogP contribution in [0.1, 0.15) is 57.9 Å². The molecule has 1 aliphatic rings. The third-order valence-electron chi connectivity index (χ3n) is 4.76. The summed E-state index contributed by atoms with van der Waals surface area (Å²) in [6, 6.07) is 5.52. The Kier molecular flexibility index (Phi) is 7.99. The van der Waals surface area contributed by atoms with Gasteiger partial charge in [-0.25, -0.2) is 0 Å². The fourth-order valence-corrected chi connectivity index (χ4v) is 3.31. The van der Waals surface area contributed by atoms with E-state index in [4.69, 9.17) is 21.1 Å². The first-order chi connectivity index (χ1) is 13.0. The van der Waals surface area contributed by atoms with Crippen molar-refractivity contribution in [2.45, 2.75) is 64.5 Å². The normalized spacial score (nSPS) is 16.3. The molecule has 0 radical (unpaired) electrons. The van der Waals surface area contributed by atoms with Crippen molar-refractivity contribution in [3.05, 3.63) is 28.3 Å². The molecule has 1 N–H and O–H groups in total. The lowest BCUT2D eigenvalue weighted by Gasteiger charge is -2.22. The molecule has 2 rings (SSSR count). The van der Waals surface area contributed by atoms with Crippen LogP contribution >= 0.6 is 11.6 Å². The second kappa shape index (κ2) is 10.2. The van der Waals surface area contributed by atoms with E-state index in [1.165, 1.54) is 19.6 Å². The van der Waals surface area contributed by atoms with E-state index in [1.54, 1.807) is 12.1 Å². The van der Waals surface area contributed by atoms with E-state index in [-0.39, 0.29) is 23.6 Å². The molecule has 27 heavy (non-hydrogen) atoms. The maximum absolute atomic E-state index is 12.4. The van der Waals surface area contributed by atoms with Crippen molar-refractivity contribution in [3.8, 4) is 17.6 Å². The van der Waals surface area contributed by atoms with E-state index < -0.39 is 0 Å². The highest BCUT2D eigenvalue weighted by Crippen LogP contribution is 2.38. The molecule has 0 aromatic heterocycles. The molecular formula is C21H27ClN2O3. The molecule has 1 aromatic rings. The fourth-order valence-electron chi connectivity index (χ4n) is 3.05. The van der Waals surface area contributed by atoms with Crippen LogP contribution in [0.25, 0.3) is 6.08 Å². The van der Waals surface area contributed by atoms with Gasteiger partial charge in [0.05, 0.1) is 18.2 Å².